The summed E-state index contributed by atoms with van der Waals surface area (Å²) in [7, 11) is 0. The summed E-state index contributed by atoms with van der Waals surface area (Å²) in [5.41, 5.74) is 0.563. The van der Waals surface area contributed by atoms with Crippen molar-refractivity contribution in [3.05, 3.63) is 0 Å². The normalized spacial score (nSPS) is 21.0. The summed E-state index contributed by atoms with van der Waals surface area (Å²) in [6.45, 7) is 19.5. The van der Waals surface area contributed by atoms with Crippen LogP contribution in [0.4, 0.5) is 0 Å². The summed E-state index contributed by atoms with van der Waals surface area (Å²) >= 11 is 0. The van der Waals surface area contributed by atoms with Gasteiger partial charge in [-0.1, -0.05) is 13.3 Å². The van der Waals surface area contributed by atoms with E-state index in [9.17, 15) is 0 Å². The van der Waals surface area contributed by atoms with Crippen LogP contribution in [0.25, 0.3) is 0 Å². The second kappa shape index (κ2) is 5.32. The summed E-state index contributed by atoms with van der Waals surface area (Å²) in [6.07, 6.45) is 3.85. The van der Waals surface area contributed by atoms with Crippen molar-refractivity contribution in [2.75, 3.05) is 13.1 Å². The molecule has 3 heteroatoms. The number of hydrogen-bond acceptors (Lipinski definition) is 2. The van der Waals surface area contributed by atoms with Crippen molar-refractivity contribution >= 4 is 6.98 Å². The van der Waals surface area contributed by atoms with Crippen LogP contribution >= 0.6 is 0 Å². The van der Waals surface area contributed by atoms with Crippen molar-refractivity contribution in [2.24, 2.45) is 0 Å². The predicted octanol–water partition coefficient (Wildman–Crippen LogP) is 3.49. The summed E-state index contributed by atoms with van der Waals surface area (Å²) in [6, 6.07) is 0. The average Bonchev–Trinajstić information content (AvgIpc) is 2.15. The van der Waals surface area contributed by atoms with E-state index in [1.165, 1.54) is 32.3 Å². The molecule has 0 atom stereocenters. The van der Waals surface area contributed by atoms with Crippen LogP contribution in [0.3, 0.4) is 0 Å². The molecule has 0 unspecified atom stereocenters. The monoisotopic (exact) mass is 238 g/mol. The minimum Gasteiger partial charge on any atom is -0.323 e. The van der Waals surface area contributed by atoms with Crippen molar-refractivity contribution in [2.45, 2.75) is 78.7 Å². The highest BCUT2D eigenvalue weighted by Crippen LogP contribution is 2.29. The van der Waals surface area contributed by atoms with Gasteiger partial charge in [0, 0.05) is 11.1 Å². The van der Waals surface area contributed by atoms with E-state index >= 15 is 0 Å². The average molecular weight is 238 g/mol. The summed E-state index contributed by atoms with van der Waals surface area (Å²) < 4.78 is 0. The molecular weight excluding hydrogens is 207 g/mol. The number of nitrogens with zero attached hydrogens (tertiary/aromatic N) is 2. The van der Waals surface area contributed by atoms with Crippen LogP contribution < -0.4 is 0 Å². The number of rotatable bonds is 2. The second-order valence-electron chi connectivity index (χ2n) is 7.35. The lowest BCUT2D eigenvalue weighted by Crippen LogP contribution is -2.67. The van der Waals surface area contributed by atoms with E-state index in [0.717, 1.165) is 0 Å². The summed E-state index contributed by atoms with van der Waals surface area (Å²) in [4.78, 5) is 5.40. The Hall–Kier alpha value is -0.0151. The molecule has 1 aliphatic heterocycles. The Morgan fingerprint density at radius 2 is 1.29 bits per heavy atom. The van der Waals surface area contributed by atoms with Gasteiger partial charge < -0.3 is 9.62 Å². The second-order valence-corrected chi connectivity index (χ2v) is 7.35. The third-order valence-corrected chi connectivity index (χ3v) is 3.79. The molecule has 0 radical (unpaired) electrons. The minimum atomic E-state index is 0.282. The van der Waals surface area contributed by atoms with Gasteiger partial charge >= 0.3 is 6.98 Å². The lowest BCUT2D eigenvalue weighted by Gasteiger charge is -2.52. The molecule has 1 heterocycles. The predicted molar refractivity (Wildman–Crippen MR) is 78.4 cm³/mol. The van der Waals surface area contributed by atoms with Gasteiger partial charge in [-0.2, -0.15) is 0 Å². The fraction of sp³-hybridized carbons (Fsp3) is 1.00. The molecule has 0 amide bonds. The van der Waals surface area contributed by atoms with Gasteiger partial charge in [0.05, 0.1) is 0 Å². The van der Waals surface area contributed by atoms with E-state index in [0.29, 0.717) is 6.98 Å². The van der Waals surface area contributed by atoms with Crippen LogP contribution in [0.2, 0.25) is 6.32 Å². The third kappa shape index (κ3) is 3.72. The van der Waals surface area contributed by atoms with Crippen molar-refractivity contribution < 1.29 is 0 Å². The lowest BCUT2D eigenvalue weighted by atomic mass is 9.60. The van der Waals surface area contributed by atoms with Gasteiger partial charge in [0.1, 0.15) is 0 Å². The third-order valence-electron chi connectivity index (χ3n) is 3.79. The van der Waals surface area contributed by atoms with Gasteiger partial charge in [-0.15, -0.1) is 0 Å². The summed E-state index contributed by atoms with van der Waals surface area (Å²) in [5.74, 6) is 0. The Kier molecular flexibility index (Phi) is 4.70. The van der Waals surface area contributed by atoms with E-state index in [1.54, 1.807) is 0 Å². The molecule has 0 aliphatic carbocycles. The molecule has 0 aromatic carbocycles. The quantitative estimate of drug-likeness (QED) is 0.679. The zero-order valence-corrected chi connectivity index (χ0v) is 13.0. The first-order valence-electron chi connectivity index (χ1n) is 7.21. The molecule has 0 bridgehead atoms. The van der Waals surface area contributed by atoms with Crippen molar-refractivity contribution in [3.63, 3.8) is 0 Å². The van der Waals surface area contributed by atoms with Crippen LogP contribution in [0.5, 0.6) is 0 Å². The smallest absolute Gasteiger partial charge is 0.311 e. The molecule has 2 nitrogen and oxygen atoms in total. The van der Waals surface area contributed by atoms with Gasteiger partial charge in [-0.25, -0.2) is 0 Å². The summed E-state index contributed by atoms with van der Waals surface area (Å²) in [5, 5.41) is 0. The lowest BCUT2D eigenvalue weighted by molar-refractivity contribution is 0.136. The Morgan fingerprint density at radius 1 is 0.882 bits per heavy atom. The maximum atomic E-state index is 2.70. The fourth-order valence-corrected chi connectivity index (χ4v) is 3.01. The van der Waals surface area contributed by atoms with Gasteiger partial charge in [-0.3, -0.25) is 0 Å². The highest BCUT2D eigenvalue weighted by molar-refractivity contribution is 6.53. The largest absolute Gasteiger partial charge is 0.323 e. The topological polar surface area (TPSA) is 6.48 Å². The molecule has 1 saturated heterocycles. The van der Waals surface area contributed by atoms with Crippen molar-refractivity contribution in [3.8, 4) is 0 Å². The maximum Gasteiger partial charge on any atom is 0.311 e. The molecule has 17 heavy (non-hydrogen) atoms. The van der Waals surface area contributed by atoms with Gasteiger partial charge in [0.15, 0.2) is 0 Å². The molecule has 1 rings (SSSR count). The number of hydrogen-bond donors (Lipinski definition) is 0. The van der Waals surface area contributed by atoms with E-state index in [1.807, 2.05) is 0 Å². The highest BCUT2D eigenvalue weighted by Gasteiger charge is 2.42. The van der Waals surface area contributed by atoms with Crippen LogP contribution in [-0.4, -0.2) is 40.8 Å². The van der Waals surface area contributed by atoms with Crippen LogP contribution in [0.1, 0.15) is 61.3 Å². The Balaban J connectivity index is 2.92. The van der Waals surface area contributed by atoms with Gasteiger partial charge in [0.2, 0.25) is 0 Å². The maximum absolute atomic E-state index is 2.70. The SMILES string of the molecule is CCCB1N(C(C)(C)C)CCCN1C(C)(C)C. The first kappa shape index (κ1) is 15.0. The molecular formula is C14H31BN2. The first-order chi connectivity index (χ1) is 7.68. The zero-order chi connectivity index (χ0) is 13.3. The van der Waals surface area contributed by atoms with E-state index < -0.39 is 0 Å². The Labute approximate surface area is 109 Å². The van der Waals surface area contributed by atoms with Gasteiger partial charge in [-0.05, 0) is 67.4 Å². The van der Waals surface area contributed by atoms with Gasteiger partial charge in [0.25, 0.3) is 0 Å². The highest BCUT2D eigenvalue weighted by atomic mass is 15.3. The fourth-order valence-electron chi connectivity index (χ4n) is 3.01. The molecule has 1 aliphatic rings. The van der Waals surface area contributed by atoms with Crippen molar-refractivity contribution in [1.29, 1.82) is 0 Å². The van der Waals surface area contributed by atoms with Crippen molar-refractivity contribution in [1.82, 2.24) is 9.62 Å². The van der Waals surface area contributed by atoms with E-state index in [-0.39, 0.29) is 11.1 Å². The molecule has 100 valence electrons. The Bertz CT molecular complexity index is 218. The Morgan fingerprint density at radius 3 is 1.59 bits per heavy atom. The zero-order valence-electron chi connectivity index (χ0n) is 13.0. The molecule has 0 N–H and O–H groups in total. The molecule has 1 fully saturated rings. The van der Waals surface area contributed by atoms with Crippen LogP contribution in [-0.2, 0) is 0 Å². The van der Waals surface area contributed by atoms with Crippen LogP contribution in [0.15, 0.2) is 0 Å². The van der Waals surface area contributed by atoms with E-state index in [4.69, 9.17) is 0 Å². The first-order valence-corrected chi connectivity index (χ1v) is 7.21. The van der Waals surface area contributed by atoms with E-state index in [2.05, 4.69) is 58.1 Å². The molecule has 0 saturated carbocycles. The molecule has 0 aromatic rings. The molecule has 0 aromatic heterocycles. The molecule has 0 spiro atoms. The van der Waals surface area contributed by atoms with Crippen LogP contribution in [0, 0.1) is 0 Å². The minimum absolute atomic E-state index is 0.282. The standard InChI is InChI=1S/C14H31BN2/c1-8-10-15-16(13(2,3)4)11-9-12-17(15)14(5,6)7/h8-12H2,1-7H3.